The molecule has 1 aromatic carbocycles. The molecule has 1 aliphatic carbocycles. The maximum absolute atomic E-state index is 13.4. The minimum Gasteiger partial charge on any atom is -0.385 e. The van der Waals surface area contributed by atoms with Gasteiger partial charge in [-0.05, 0) is 56.7 Å². The van der Waals surface area contributed by atoms with E-state index >= 15 is 0 Å². The summed E-state index contributed by atoms with van der Waals surface area (Å²) in [6, 6.07) is 3.96. The summed E-state index contributed by atoms with van der Waals surface area (Å²) >= 11 is 6.18. The Kier molecular flexibility index (Phi) is 7.33. The fourth-order valence-electron chi connectivity index (χ4n) is 4.96. The second-order valence-electron chi connectivity index (χ2n) is 8.98. The van der Waals surface area contributed by atoms with Crippen LogP contribution in [0.2, 0.25) is 5.02 Å². The summed E-state index contributed by atoms with van der Waals surface area (Å²) < 4.78 is 18.4. The normalized spacial score (nSPS) is 22.4. The van der Waals surface area contributed by atoms with Crippen LogP contribution >= 0.6 is 11.6 Å². The van der Waals surface area contributed by atoms with Crippen molar-refractivity contribution in [3.63, 3.8) is 0 Å². The van der Waals surface area contributed by atoms with Crippen molar-refractivity contribution in [3.05, 3.63) is 46.8 Å². The van der Waals surface area contributed by atoms with Crippen LogP contribution in [-0.4, -0.2) is 53.9 Å². The summed E-state index contributed by atoms with van der Waals surface area (Å²) in [5.41, 5.74) is 0.341. The molecule has 2 N–H and O–H groups in total. The second-order valence-corrected chi connectivity index (χ2v) is 9.38. The van der Waals surface area contributed by atoms with Gasteiger partial charge in [0.05, 0.1) is 22.5 Å². The molecule has 34 heavy (non-hydrogen) atoms. The summed E-state index contributed by atoms with van der Waals surface area (Å²) in [6.07, 6.45) is 5.42. The predicted octanol–water partition coefficient (Wildman–Crippen LogP) is 3.91. The number of nitrogens with zero attached hydrogens (tertiary/aromatic N) is 2. The SMILES string of the molecule is COCCCC(=O)c1nc[nH]c1C(=O)NC1CCC2(CC1)CCN(c1ccc(F)cc1Cl)C2=O. The smallest absolute Gasteiger partial charge is 0.270 e. The topological polar surface area (TPSA) is 104 Å². The van der Waals surface area contributed by atoms with Gasteiger partial charge in [0.2, 0.25) is 5.91 Å². The van der Waals surface area contributed by atoms with E-state index in [-0.39, 0.29) is 46.5 Å². The highest BCUT2D eigenvalue weighted by atomic mass is 35.5. The highest BCUT2D eigenvalue weighted by molar-refractivity contribution is 6.34. The molecule has 2 heterocycles. The Bertz CT molecular complexity index is 1080. The number of aromatic amines is 1. The lowest BCUT2D eigenvalue weighted by Gasteiger charge is -2.36. The number of benzene rings is 1. The molecule has 8 nitrogen and oxygen atoms in total. The van der Waals surface area contributed by atoms with Crippen molar-refractivity contribution in [1.82, 2.24) is 15.3 Å². The van der Waals surface area contributed by atoms with Gasteiger partial charge >= 0.3 is 0 Å². The summed E-state index contributed by atoms with van der Waals surface area (Å²) in [5.74, 6) is -1.01. The second kappa shape index (κ2) is 10.2. The standard InChI is InChI=1S/C24H28ClFN4O4/c1-34-12-2-3-19(31)20-21(28-14-27-20)22(32)29-16-6-8-24(9-7-16)10-11-30(23(24)33)18-5-4-15(26)13-17(18)25/h4-5,13-14,16H,2-3,6-12H2,1H3,(H,27,28)(H,29,32). The molecule has 182 valence electrons. The number of anilines is 1. The molecule has 1 spiro atoms. The number of rotatable bonds is 8. The first kappa shape index (κ1) is 24.3. The van der Waals surface area contributed by atoms with Gasteiger partial charge in [-0.3, -0.25) is 14.4 Å². The van der Waals surface area contributed by atoms with Gasteiger partial charge in [-0.15, -0.1) is 0 Å². The van der Waals surface area contributed by atoms with Gasteiger partial charge in [0.1, 0.15) is 17.2 Å². The van der Waals surface area contributed by atoms with Gasteiger partial charge in [0, 0.05) is 32.7 Å². The van der Waals surface area contributed by atoms with E-state index in [0.29, 0.717) is 57.4 Å². The number of methoxy groups -OCH3 is 1. The monoisotopic (exact) mass is 490 g/mol. The summed E-state index contributed by atoms with van der Waals surface area (Å²) in [6.45, 7) is 0.995. The first-order chi connectivity index (χ1) is 16.3. The summed E-state index contributed by atoms with van der Waals surface area (Å²) in [7, 11) is 1.57. The van der Waals surface area contributed by atoms with Crippen molar-refractivity contribution < 1.29 is 23.5 Å². The Balaban J connectivity index is 1.35. The molecule has 1 saturated carbocycles. The molecule has 4 rings (SSSR count). The van der Waals surface area contributed by atoms with Gasteiger partial charge in [0.15, 0.2) is 5.78 Å². The van der Waals surface area contributed by atoms with E-state index in [4.69, 9.17) is 16.3 Å². The molecule has 2 amide bonds. The van der Waals surface area contributed by atoms with Crippen molar-refractivity contribution in [2.75, 3.05) is 25.2 Å². The summed E-state index contributed by atoms with van der Waals surface area (Å²) in [5, 5.41) is 3.21. The van der Waals surface area contributed by atoms with E-state index in [2.05, 4.69) is 15.3 Å². The Labute approximate surface area is 202 Å². The van der Waals surface area contributed by atoms with E-state index in [9.17, 15) is 18.8 Å². The number of carbonyl (C=O) groups is 3. The van der Waals surface area contributed by atoms with E-state index < -0.39 is 11.2 Å². The third kappa shape index (κ3) is 4.86. The highest BCUT2D eigenvalue weighted by Crippen LogP contribution is 2.47. The van der Waals surface area contributed by atoms with Crippen LogP contribution in [0.25, 0.3) is 0 Å². The maximum Gasteiger partial charge on any atom is 0.270 e. The van der Waals surface area contributed by atoms with Crippen LogP contribution in [0.4, 0.5) is 10.1 Å². The van der Waals surface area contributed by atoms with Crippen molar-refractivity contribution in [2.24, 2.45) is 5.41 Å². The molecular weight excluding hydrogens is 463 g/mol. The van der Waals surface area contributed by atoms with Gasteiger partial charge < -0.3 is 19.9 Å². The van der Waals surface area contributed by atoms with Crippen LogP contribution in [-0.2, 0) is 9.53 Å². The molecule has 0 unspecified atom stereocenters. The van der Waals surface area contributed by atoms with Gasteiger partial charge in [0.25, 0.3) is 5.91 Å². The zero-order valence-corrected chi connectivity index (χ0v) is 19.8. The fourth-order valence-corrected chi connectivity index (χ4v) is 5.23. The van der Waals surface area contributed by atoms with Crippen molar-refractivity contribution in [2.45, 2.75) is 51.0 Å². The number of H-pyrrole nitrogens is 1. The van der Waals surface area contributed by atoms with E-state index in [0.717, 1.165) is 0 Å². The first-order valence-corrected chi connectivity index (χ1v) is 11.9. The van der Waals surface area contributed by atoms with Crippen LogP contribution < -0.4 is 10.2 Å². The number of ether oxygens (including phenoxy) is 1. The van der Waals surface area contributed by atoms with Crippen LogP contribution in [0.3, 0.4) is 0 Å². The van der Waals surface area contributed by atoms with Crippen LogP contribution in [0.15, 0.2) is 24.5 Å². The number of imidazole rings is 1. The third-order valence-corrected chi connectivity index (χ3v) is 7.18. The maximum atomic E-state index is 13.4. The molecule has 0 atom stereocenters. The number of aromatic nitrogens is 2. The zero-order chi connectivity index (χ0) is 24.3. The molecule has 2 fully saturated rings. The Hall–Kier alpha value is -2.78. The number of hydrogen-bond acceptors (Lipinski definition) is 5. The molecular formula is C24H28ClFN4O4. The predicted molar refractivity (Wildman–Crippen MR) is 125 cm³/mol. The minimum atomic E-state index is -0.491. The zero-order valence-electron chi connectivity index (χ0n) is 19.0. The molecule has 2 aliphatic rings. The van der Waals surface area contributed by atoms with Crippen LogP contribution in [0.1, 0.15) is 65.9 Å². The van der Waals surface area contributed by atoms with Crippen molar-refractivity contribution in [3.8, 4) is 0 Å². The quantitative estimate of drug-likeness (QED) is 0.431. The average molecular weight is 491 g/mol. The number of ketones is 1. The van der Waals surface area contributed by atoms with Crippen LogP contribution in [0.5, 0.6) is 0 Å². The third-order valence-electron chi connectivity index (χ3n) is 6.87. The Morgan fingerprint density at radius 2 is 2.09 bits per heavy atom. The molecule has 0 radical (unpaired) electrons. The number of halogens is 2. The number of Topliss-reactive ketones (excluding diaryl/α,β-unsaturated/α-hetero) is 1. The molecule has 1 saturated heterocycles. The Morgan fingerprint density at radius 1 is 1.32 bits per heavy atom. The highest BCUT2D eigenvalue weighted by Gasteiger charge is 2.49. The molecule has 2 aromatic rings. The van der Waals surface area contributed by atoms with E-state index in [1.54, 1.807) is 18.1 Å². The van der Waals surface area contributed by atoms with Crippen molar-refractivity contribution in [1.29, 1.82) is 0 Å². The number of nitrogens with one attached hydrogen (secondary N) is 2. The molecule has 1 aromatic heterocycles. The number of hydrogen-bond donors (Lipinski definition) is 2. The molecule has 1 aliphatic heterocycles. The first-order valence-electron chi connectivity index (χ1n) is 11.5. The number of carbonyl (C=O) groups excluding carboxylic acids is 3. The fraction of sp³-hybridized carbons (Fsp3) is 0.500. The van der Waals surface area contributed by atoms with E-state index in [1.165, 1.54) is 18.5 Å². The molecule has 10 heteroatoms. The van der Waals surface area contributed by atoms with Gasteiger partial charge in [-0.2, -0.15) is 0 Å². The van der Waals surface area contributed by atoms with Gasteiger partial charge in [-0.25, -0.2) is 9.37 Å². The summed E-state index contributed by atoms with van der Waals surface area (Å²) in [4.78, 5) is 47.0. The van der Waals surface area contributed by atoms with Crippen molar-refractivity contribution >= 4 is 34.9 Å². The van der Waals surface area contributed by atoms with E-state index in [1.807, 2.05) is 0 Å². The largest absolute Gasteiger partial charge is 0.385 e. The lowest BCUT2D eigenvalue weighted by Crippen LogP contribution is -2.44. The Morgan fingerprint density at radius 3 is 2.79 bits per heavy atom. The molecule has 0 bridgehead atoms. The number of amides is 2. The van der Waals surface area contributed by atoms with Crippen LogP contribution in [0, 0.1) is 11.2 Å². The lowest BCUT2D eigenvalue weighted by atomic mass is 9.71. The minimum absolute atomic E-state index is 0.00305. The average Bonchev–Trinajstić information content (AvgIpc) is 3.42. The van der Waals surface area contributed by atoms with Gasteiger partial charge in [-0.1, -0.05) is 11.6 Å². The lowest BCUT2D eigenvalue weighted by molar-refractivity contribution is -0.127.